The molecule has 0 atom stereocenters. The lowest BCUT2D eigenvalue weighted by molar-refractivity contribution is -0.159. The highest BCUT2D eigenvalue weighted by atomic mass is 32.2. The molecular formula is C15H21FN2O8S2. The van der Waals surface area contributed by atoms with E-state index in [4.69, 9.17) is 19.8 Å². The van der Waals surface area contributed by atoms with E-state index < -0.39 is 37.8 Å². The van der Waals surface area contributed by atoms with Crippen LogP contribution < -0.4 is 0 Å². The number of hydrogen-bond donors (Lipinski definition) is 2. The molecule has 0 radical (unpaired) electrons. The van der Waals surface area contributed by atoms with Crippen molar-refractivity contribution in [3.63, 3.8) is 0 Å². The van der Waals surface area contributed by atoms with Crippen molar-refractivity contribution in [1.82, 2.24) is 8.61 Å². The van der Waals surface area contributed by atoms with E-state index in [1.54, 1.807) is 6.92 Å². The highest BCUT2D eigenvalue weighted by molar-refractivity contribution is 7.89. The summed E-state index contributed by atoms with van der Waals surface area (Å²) in [7, 11) is -7.03. The van der Waals surface area contributed by atoms with E-state index in [2.05, 4.69) is 0 Å². The lowest BCUT2D eigenvalue weighted by atomic mass is 10.4. The van der Waals surface area contributed by atoms with Crippen LogP contribution in [-0.2, 0) is 29.6 Å². The summed E-state index contributed by atoms with van der Waals surface area (Å²) in [6.45, 7) is 2.27. The van der Waals surface area contributed by atoms with Gasteiger partial charge >= 0.3 is 11.9 Å². The maximum atomic E-state index is 12.9. The quantitative estimate of drug-likeness (QED) is 0.609. The second-order valence-corrected chi connectivity index (χ2v) is 9.71. The first-order chi connectivity index (χ1) is 12.9. The highest BCUT2D eigenvalue weighted by Crippen LogP contribution is 2.19. The van der Waals surface area contributed by atoms with Crippen LogP contribution in [-0.4, -0.2) is 79.5 Å². The lowest BCUT2D eigenvalue weighted by Gasteiger charge is -2.33. The molecule has 1 aliphatic rings. The Bertz CT molecular complexity index is 880. The second-order valence-electron chi connectivity index (χ2n) is 5.68. The molecule has 1 aromatic carbocycles. The van der Waals surface area contributed by atoms with Gasteiger partial charge in [-0.3, -0.25) is 0 Å². The Kier molecular flexibility index (Phi) is 8.48. The summed E-state index contributed by atoms with van der Waals surface area (Å²) in [4.78, 5) is 18.2. The first-order valence-electron chi connectivity index (χ1n) is 8.11. The van der Waals surface area contributed by atoms with Gasteiger partial charge in [-0.25, -0.2) is 30.8 Å². The van der Waals surface area contributed by atoms with Crippen LogP contribution in [0.3, 0.4) is 0 Å². The predicted molar refractivity (Wildman–Crippen MR) is 96.1 cm³/mol. The summed E-state index contributed by atoms with van der Waals surface area (Å²) in [5, 5.41) is 14.8. The third-order valence-electron chi connectivity index (χ3n) is 3.69. The van der Waals surface area contributed by atoms with Gasteiger partial charge in [0.2, 0.25) is 20.0 Å². The van der Waals surface area contributed by atoms with Gasteiger partial charge in [0, 0.05) is 26.2 Å². The van der Waals surface area contributed by atoms with Crippen molar-refractivity contribution in [2.75, 3.05) is 31.9 Å². The van der Waals surface area contributed by atoms with Crippen molar-refractivity contribution in [3.05, 3.63) is 30.1 Å². The van der Waals surface area contributed by atoms with Crippen LogP contribution in [0.5, 0.6) is 0 Å². The van der Waals surface area contributed by atoms with Crippen LogP contribution in [0.15, 0.2) is 29.2 Å². The van der Waals surface area contributed by atoms with Crippen molar-refractivity contribution in [3.8, 4) is 0 Å². The summed E-state index contributed by atoms with van der Waals surface area (Å²) in [6, 6.07) is 4.61. The van der Waals surface area contributed by atoms with Gasteiger partial charge in [-0.05, 0) is 30.7 Å². The smallest absolute Gasteiger partial charge is 0.414 e. The van der Waals surface area contributed by atoms with Crippen molar-refractivity contribution < 1.29 is 41.0 Å². The van der Waals surface area contributed by atoms with E-state index in [0.717, 1.165) is 12.1 Å². The number of rotatable bonds is 5. The zero-order valence-corrected chi connectivity index (χ0v) is 16.6. The average Bonchev–Trinajstić information content (AvgIpc) is 2.62. The molecule has 0 unspecified atom stereocenters. The van der Waals surface area contributed by atoms with E-state index in [-0.39, 0.29) is 36.8 Å². The monoisotopic (exact) mass is 440 g/mol. The number of halogens is 1. The predicted octanol–water partition coefficient (Wildman–Crippen LogP) is 0.0274. The van der Waals surface area contributed by atoms with Gasteiger partial charge in [-0.2, -0.15) is 8.61 Å². The standard InChI is InChI=1S/C13H19FN2O4S2.C2H2O4/c1-2-11-21(17,18)15-7-9-16(10-8-15)22(19,20)13-5-3-12(14)4-6-13;3-1(4)2(5)6/h3-6H,2,7-11H2,1H3;(H,3,4)(H,5,6). The third kappa shape index (κ3) is 6.51. The Morgan fingerprint density at radius 3 is 1.75 bits per heavy atom. The molecule has 0 bridgehead atoms. The number of piperazine rings is 1. The van der Waals surface area contributed by atoms with Gasteiger partial charge in [0.1, 0.15) is 5.82 Å². The van der Waals surface area contributed by atoms with Crippen molar-refractivity contribution >= 4 is 32.0 Å². The van der Waals surface area contributed by atoms with Gasteiger partial charge in [-0.1, -0.05) is 6.92 Å². The number of nitrogens with zero attached hydrogens (tertiary/aromatic N) is 2. The molecule has 10 nitrogen and oxygen atoms in total. The topological polar surface area (TPSA) is 149 Å². The minimum Gasteiger partial charge on any atom is -0.473 e. The summed E-state index contributed by atoms with van der Waals surface area (Å²) in [5.74, 6) is -4.09. The molecule has 2 N–H and O–H groups in total. The molecule has 1 aromatic rings. The van der Waals surface area contributed by atoms with Gasteiger partial charge in [0.05, 0.1) is 10.6 Å². The van der Waals surface area contributed by atoms with Crippen LogP contribution >= 0.6 is 0 Å². The van der Waals surface area contributed by atoms with Gasteiger partial charge in [0.25, 0.3) is 0 Å². The number of sulfonamides is 2. The first-order valence-corrected chi connectivity index (χ1v) is 11.2. The summed E-state index contributed by atoms with van der Waals surface area (Å²) in [6.07, 6.45) is 0.524. The maximum Gasteiger partial charge on any atom is 0.414 e. The Morgan fingerprint density at radius 1 is 0.929 bits per heavy atom. The van der Waals surface area contributed by atoms with Gasteiger partial charge in [0.15, 0.2) is 0 Å². The number of carbonyl (C=O) groups is 2. The molecule has 1 heterocycles. The normalized spacial score (nSPS) is 16.1. The van der Waals surface area contributed by atoms with Gasteiger partial charge < -0.3 is 10.2 Å². The Morgan fingerprint density at radius 2 is 1.36 bits per heavy atom. The fraction of sp³-hybridized carbons (Fsp3) is 0.467. The number of carboxylic acid groups (broad SMARTS) is 2. The minimum atomic E-state index is -3.71. The Balaban J connectivity index is 0.000000568. The van der Waals surface area contributed by atoms with Crippen LogP contribution in [0.4, 0.5) is 4.39 Å². The molecule has 13 heteroatoms. The fourth-order valence-electron chi connectivity index (χ4n) is 2.33. The molecule has 2 rings (SSSR count). The van der Waals surface area contributed by atoms with E-state index >= 15 is 0 Å². The van der Waals surface area contributed by atoms with Crippen LogP contribution in [0.2, 0.25) is 0 Å². The summed E-state index contributed by atoms with van der Waals surface area (Å²) < 4.78 is 64.2. The van der Waals surface area contributed by atoms with Crippen LogP contribution in [0.1, 0.15) is 13.3 Å². The molecule has 0 amide bonds. The third-order valence-corrected chi connectivity index (χ3v) is 7.68. The zero-order valence-electron chi connectivity index (χ0n) is 15.0. The van der Waals surface area contributed by atoms with E-state index in [1.807, 2.05) is 0 Å². The molecular weight excluding hydrogens is 419 g/mol. The minimum absolute atomic E-state index is 0.0127. The number of benzene rings is 1. The maximum absolute atomic E-state index is 12.9. The van der Waals surface area contributed by atoms with Gasteiger partial charge in [-0.15, -0.1) is 0 Å². The number of hydrogen-bond acceptors (Lipinski definition) is 6. The van der Waals surface area contributed by atoms with Crippen LogP contribution in [0.25, 0.3) is 0 Å². The van der Waals surface area contributed by atoms with E-state index in [1.165, 1.54) is 20.7 Å². The zero-order chi connectivity index (χ0) is 21.5. The Hall–Kier alpha value is -2.09. The molecule has 0 aromatic heterocycles. The fourth-order valence-corrected chi connectivity index (χ4v) is 5.25. The summed E-state index contributed by atoms with van der Waals surface area (Å²) >= 11 is 0. The van der Waals surface area contributed by atoms with Crippen molar-refractivity contribution in [2.45, 2.75) is 18.2 Å². The molecule has 0 aliphatic carbocycles. The van der Waals surface area contributed by atoms with Crippen LogP contribution in [0, 0.1) is 5.82 Å². The molecule has 158 valence electrons. The Labute approximate surface area is 162 Å². The highest BCUT2D eigenvalue weighted by Gasteiger charge is 2.32. The average molecular weight is 440 g/mol. The van der Waals surface area contributed by atoms with E-state index in [0.29, 0.717) is 6.42 Å². The molecule has 0 spiro atoms. The second kappa shape index (κ2) is 9.91. The molecule has 0 saturated carbocycles. The largest absolute Gasteiger partial charge is 0.473 e. The molecule has 1 saturated heterocycles. The molecule has 1 aliphatic heterocycles. The first kappa shape index (κ1) is 23.9. The molecule has 1 fully saturated rings. The van der Waals surface area contributed by atoms with Crippen molar-refractivity contribution in [1.29, 1.82) is 0 Å². The number of carboxylic acids is 2. The SMILES string of the molecule is CCCS(=O)(=O)N1CCN(S(=O)(=O)c2ccc(F)cc2)CC1.O=C(O)C(=O)O. The van der Waals surface area contributed by atoms with E-state index in [9.17, 15) is 21.2 Å². The lowest BCUT2D eigenvalue weighted by Crippen LogP contribution is -2.50. The molecule has 28 heavy (non-hydrogen) atoms. The number of aliphatic carboxylic acids is 2. The van der Waals surface area contributed by atoms with Crippen molar-refractivity contribution in [2.24, 2.45) is 0 Å². The summed E-state index contributed by atoms with van der Waals surface area (Å²) in [5.41, 5.74) is 0.